The zero-order valence-corrected chi connectivity index (χ0v) is 38.3. The standard InChI is InChI=1S/C50H96O6/c1-6-8-9-10-11-12-13-14-15-16-17-18-25-30-35-40-48(51)54-43-47(44-55-49(52)41-36-31-26-21-19-23-28-33-38-45(3)4)56-50(53)42-37-32-27-22-20-24-29-34-39-46(5)7-2/h45-47H,6-44H2,1-5H3/t46?,47-/m0/s1. The molecular weight excluding hydrogens is 697 g/mol. The maximum Gasteiger partial charge on any atom is 0.306 e. The predicted octanol–water partition coefficient (Wildman–Crippen LogP) is 15.8. The third-order valence-corrected chi connectivity index (χ3v) is 11.6. The Hall–Kier alpha value is -1.59. The molecule has 332 valence electrons. The van der Waals surface area contributed by atoms with Crippen molar-refractivity contribution < 1.29 is 28.6 Å². The maximum atomic E-state index is 12.7. The van der Waals surface area contributed by atoms with Crippen LogP contribution in [-0.4, -0.2) is 37.2 Å². The van der Waals surface area contributed by atoms with Gasteiger partial charge in [0.15, 0.2) is 6.10 Å². The van der Waals surface area contributed by atoms with E-state index in [0.717, 1.165) is 69.6 Å². The monoisotopic (exact) mass is 793 g/mol. The van der Waals surface area contributed by atoms with Gasteiger partial charge >= 0.3 is 17.9 Å². The van der Waals surface area contributed by atoms with Gasteiger partial charge in [0.1, 0.15) is 13.2 Å². The molecule has 2 atom stereocenters. The molecule has 0 aromatic heterocycles. The minimum absolute atomic E-state index is 0.0647. The molecule has 0 aromatic rings. The maximum absolute atomic E-state index is 12.7. The second-order valence-corrected chi connectivity index (χ2v) is 17.8. The molecule has 0 spiro atoms. The topological polar surface area (TPSA) is 78.9 Å². The van der Waals surface area contributed by atoms with Crippen LogP contribution in [0.25, 0.3) is 0 Å². The van der Waals surface area contributed by atoms with Gasteiger partial charge in [-0.1, -0.05) is 234 Å². The summed E-state index contributed by atoms with van der Waals surface area (Å²) in [5.74, 6) is 0.787. The highest BCUT2D eigenvalue weighted by Crippen LogP contribution is 2.17. The van der Waals surface area contributed by atoms with Crippen molar-refractivity contribution in [1.29, 1.82) is 0 Å². The van der Waals surface area contributed by atoms with Gasteiger partial charge in [-0.3, -0.25) is 14.4 Å². The van der Waals surface area contributed by atoms with E-state index < -0.39 is 6.10 Å². The number of unbranched alkanes of at least 4 members (excludes halogenated alkanes) is 28. The fraction of sp³-hybridized carbons (Fsp3) is 0.940. The quantitative estimate of drug-likeness (QED) is 0.0347. The number of ether oxygens (including phenoxy) is 3. The molecule has 0 saturated carbocycles. The minimum Gasteiger partial charge on any atom is -0.462 e. The highest BCUT2D eigenvalue weighted by atomic mass is 16.6. The first-order valence-electron chi connectivity index (χ1n) is 24.8. The number of carbonyl (C=O) groups is 3. The van der Waals surface area contributed by atoms with E-state index in [9.17, 15) is 14.4 Å². The van der Waals surface area contributed by atoms with Crippen LogP contribution in [0, 0.1) is 11.8 Å². The van der Waals surface area contributed by atoms with Crippen molar-refractivity contribution in [3.8, 4) is 0 Å². The summed E-state index contributed by atoms with van der Waals surface area (Å²) in [4.78, 5) is 37.8. The Kier molecular flexibility index (Phi) is 41.8. The van der Waals surface area contributed by atoms with Gasteiger partial charge in [0.2, 0.25) is 0 Å². The van der Waals surface area contributed by atoms with Gasteiger partial charge in [0, 0.05) is 19.3 Å². The van der Waals surface area contributed by atoms with Crippen LogP contribution in [0.2, 0.25) is 0 Å². The minimum atomic E-state index is -0.761. The molecule has 6 heteroatoms. The van der Waals surface area contributed by atoms with Crippen molar-refractivity contribution in [1.82, 2.24) is 0 Å². The average molecular weight is 793 g/mol. The first kappa shape index (κ1) is 54.4. The van der Waals surface area contributed by atoms with Gasteiger partial charge in [0.05, 0.1) is 0 Å². The molecule has 0 bridgehead atoms. The van der Waals surface area contributed by atoms with Crippen molar-refractivity contribution in [2.24, 2.45) is 11.8 Å². The molecule has 1 unspecified atom stereocenters. The molecule has 56 heavy (non-hydrogen) atoms. The van der Waals surface area contributed by atoms with Crippen molar-refractivity contribution in [3.05, 3.63) is 0 Å². The van der Waals surface area contributed by atoms with Crippen LogP contribution in [0.5, 0.6) is 0 Å². The number of hydrogen-bond donors (Lipinski definition) is 0. The molecule has 0 aromatic carbocycles. The number of esters is 3. The van der Waals surface area contributed by atoms with Crippen LogP contribution in [0.3, 0.4) is 0 Å². The third-order valence-electron chi connectivity index (χ3n) is 11.6. The highest BCUT2D eigenvalue weighted by molar-refractivity contribution is 5.71. The molecule has 0 radical (unpaired) electrons. The third kappa shape index (κ3) is 42.0. The van der Waals surface area contributed by atoms with Gasteiger partial charge in [-0.25, -0.2) is 0 Å². The molecule has 0 saturated heterocycles. The number of hydrogen-bond acceptors (Lipinski definition) is 6. The van der Waals surface area contributed by atoms with Crippen LogP contribution in [-0.2, 0) is 28.6 Å². The average Bonchev–Trinajstić information content (AvgIpc) is 3.18. The Labute approximate surface area is 348 Å². The van der Waals surface area contributed by atoms with Crippen LogP contribution >= 0.6 is 0 Å². The van der Waals surface area contributed by atoms with Crippen LogP contribution < -0.4 is 0 Å². The fourth-order valence-electron chi connectivity index (χ4n) is 7.43. The molecule has 0 fully saturated rings. The molecule has 0 aliphatic carbocycles. The summed E-state index contributed by atoms with van der Waals surface area (Å²) in [5.41, 5.74) is 0. The van der Waals surface area contributed by atoms with Gasteiger partial charge in [-0.05, 0) is 31.1 Å². The molecule has 0 rings (SSSR count). The van der Waals surface area contributed by atoms with E-state index >= 15 is 0 Å². The fourth-order valence-corrected chi connectivity index (χ4v) is 7.43. The Morgan fingerprint density at radius 1 is 0.375 bits per heavy atom. The molecule has 0 amide bonds. The van der Waals surface area contributed by atoms with Gasteiger partial charge in [-0.2, -0.15) is 0 Å². The lowest BCUT2D eigenvalue weighted by molar-refractivity contribution is -0.167. The first-order valence-corrected chi connectivity index (χ1v) is 24.8. The van der Waals surface area contributed by atoms with Crippen LogP contribution in [0.4, 0.5) is 0 Å². The Bertz CT molecular complexity index is 856. The Morgan fingerprint density at radius 3 is 1.02 bits per heavy atom. The summed E-state index contributed by atoms with van der Waals surface area (Å²) < 4.78 is 16.8. The van der Waals surface area contributed by atoms with Gasteiger partial charge in [0.25, 0.3) is 0 Å². The van der Waals surface area contributed by atoms with E-state index in [0.29, 0.717) is 19.3 Å². The normalized spacial score (nSPS) is 12.5. The van der Waals surface area contributed by atoms with E-state index in [1.807, 2.05) is 0 Å². The lowest BCUT2D eigenvalue weighted by Gasteiger charge is -2.18. The lowest BCUT2D eigenvalue weighted by atomic mass is 9.99. The second-order valence-electron chi connectivity index (χ2n) is 17.8. The van der Waals surface area contributed by atoms with E-state index in [1.165, 1.54) is 161 Å². The molecule has 6 nitrogen and oxygen atoms in total. The molecule has 0 aliphatic rings. The second kappa shape index (κ2) is 43.0. The summed E-state index contributed by atoms with van der Waals surface area (Å²) in [5, 5.41) is 0. The predicted molar refractivity (Wildman–Crippen MR) is 238 cm³/mol. The molecule has 0 N–H and O–H groups in total. The van der Waals surface area contributed by atoms with E-state index in [-0.39, 0.29) is 31.1 Å². The SMILES string of the molecule is CCCCCCCCCCCCCCCCCC(=O)OC[C@@H](COC(=O)CCCCCCCCCCC(C)C)OC(=O)CCCCCCCCCCC(C)CC. The van der Waals surface area contributed by atoms with E-state index in [2.05, 4.69) is 34.6 Å². The van der Waals surface area contributed by atoms with Gasteiger partial charge < -0.3 is 14.2 Å². The van der Waals surface area contributed by atoms with E-state index in [1.54, 1.807) is 0 Å². The Balaban J connectivity index is 4.32. The summed E-state index contributed by atoms with van der Waals surface area (Å²) in [6, 6.07) is 0. The van der Waals surface area contributed by atoms with Gasteiger partial charge in [-0.15, -0.1) is 0 Å². The molecule has 0 aliphatic heterocycles. The summed E-state index contributed by atoms with van der Waals surface area (Å²) >= 11 is 0. The smallest absolute Gasteiger partial charge is 0.306 e. The van der Waals surface area contributed by atoms with Crippen molar-refractivity contribution in [3.63, 3.8) is 0 Å². The van der Waals surface area contributed by atoms with Crippen LogP contribution in [0.1, 0.15) is 272 Å². The lowest BCUT2D eigenvalue weighted by Crippen LogP contribution is -2.30. The zero-order valence-electron chi connectivity index (χ0n) is 38.3. The molecule has 0 heterocycles. The van der Waals surface area contributed by atoms with Crippen molar-refractivity contribution in [2.45, 2.75) is 278 Å². The van der Waals surface area contributed by atoms with Crippen molar-refractivity contribution >= 4 is 17.9 Å². The summed E-state index contributed by atoms with van der Waals surface area (Å²) in [6.45, 7) is 11.3. The first-order chi connectivity index (χ1) is 27.3. The molecular formula is C50H96O6. The van der Waals surface area contributed by atoms with Crippen molar-refractivity contribution in [2.75, 3.05) is 13.2 Å². The summed E-state index contributed by atoms with van der Waals surface area (Å²) in [7, 11) is 0. The zero-order chi connectivity index (χ0) is 41.2. The van der Waals surface area contributed by atoms with E-state index in [4.69, 9.17) is 14.2 Å². The Morgan fingerprint density at radius 2 is 0.679 bits per heavy atom. The number of carbonyl (C=O) groups excluding carboxylic acids is 3. The number of rotatable bonds is 44. The van der Waals surface area contributed by atoms with Crippen LogP contribution in [0.15, 0.2) is 0 Å². The summed E-state index contributed by atoms with van der Waals surface area (Å²) in [6.07, 6.45) is 42.3. The highest BCUT2D eigenvalue weighted by Gasteiger charge is 2.19. The largest absolute Gasteiger partial charge is 0.462 e.